The fraction of sp³-hybridized carbons (Fsp3) is 0.357. The molecule has 0 aliphatic heterocycles. The second kappa shape index (κ2) is 6.11. The Hall–Kier alpha value is -1.57. The predicted octanol–water partition coefficient (Wildman–Crippen LogP) is 2.78. The molecular weight excluding hydrogens is 198 g/mol. The van der Waals surface area contributed by atoms with Crippen LogP contribution in [0.3, 0.4) is 0 Å². The molecule has 0 atom stereocenters. The maximum Gasteiger partial charge on any atom is 0.244 e. The van der Waals surface area contributed by atoms with Crippen LogP contribution in [-0.2, 0) is 4.79 Å². The second-order valence-electron chi connectivity index (χ2n) is 4.33. The summed E-state index contributed by atoms with van der Waals surface area (Å²) >= 11 is 0. The standard InChI is InChI=1S/C14H19NO/c1-11(2)10-15-14(16)9-8-13-7-5-4-6-12(13)3/h4-9,11H,10H2,1-3H3,(H,15,16)/b9-8+. The van der Waals surface area contributed by atoms with Crippen LogP contribution in [0.1, 0.15) is 25.0 Å². The van der Waals surface area contributed by atoms with Crippen molar-refractivity contribution in [2.45, 2.75) is 20.8 Å². The minimum Gasteiger partial charge on any atom is -0.352 e. The average Bonchev–Trinajstić information content (AvgIpc) is 2.25. The lowest BCUT2D eigenvalue weighted by atomic mass is 10.1. The molecule has 1 amide bonds. The van der Waals surface area contributed by atoms with Crippen LogP contribution in [0.15, 0.2) is 30.3 Å². The third kappa shape index (κ3) is 4.30. The summed E-state index contributed by atoms with van der Waals surface area (Å²) in [6.07, 6.45) is 3.44. The molecule has 2 nitrogen and oxygen atoms in total. The van der Waals surface area contributed by atoms with Gasteiger partial charge in [-0.1, -0.05) is 38.1 Å². The van der Waals surface area contributed by atoms with Crippen molar-refractivity contribution in [2.24, 2.45) is 5.92 Å². The molecule has 1 rings (SSSR count). The molecule has 0 bridgehead atoms. The average molecular weight is 217 g/mol. The van der Waals surface area contributed by atoms with Gasteiger partial charge >= 0.3 is 0 Å². The smallest absolute Gasteiger partial charge is 0.244 e. The lowest BCUT2D eigenvalue weighted by Crippen LogP contribution is -2.25. The van der Waals surface area contributed by atoms with Gasteiger partial charge in [-0.15, -0.1) is 0 Å². The van der Waals surface area contributed by atoms with Crippen LogP contribution in [0.5, 0.6) is 0 Å². The maximum absolute atomic E-state index is 11.4. The van der Waals surface area contributed by atoms with Gasteiger partial charge in [0, 0.05) is 12.6 Å². The summed E-state index contributed by atoms with van der Waals surface area (Å²) in [5, 5.41) is 2.85. The SMILES string of the molecule is Cc1ccccc1/C=C/C(=O)NCC(C)C. The first-order valence-corrected chi connectivity index (χ1v) is 5.61. The highest BCUT2D eigenvalue weighted by molar-refractivity contribution is 5.91. The Morgan fingerprint density at radius 1 is 1.38 bits per heavy atom. The minimum absolute atomic E-state index is 0.0306. The third-order valence-electron chi connectivity index (χ3n) is 2.29. The zero-order valence-corrected chi connectivity index (χ0v) is 10.2. The Morgan fingerprint density at radius 3 is 2.69 bits per heavy atom. The summed E-state index contributed by atoms with van der Waals surface area (Å²) in [7, 11) is 0. The van der Waals surface area contributed by atoms with Gasteiger partial charge in [-0.3, -0.25) is 4.79 Å². The monoisotopic (exact) mass is 217 g/mol. The van der Waals surface area contributed by atoms with Crippen molar-refractivity contribution in [1.82, 2.24) is 5.32 Å². The second-order valence-corrected chi connectivity index (χ2v) is 4.33. The fourth-order valence-electron chi connectivity index (χ4n) is 1.30. The molecule has 0 spiro atoms. The van der Waals surface area contributed by atoms with E-state index in [0.717, 1.165) is 12.1 Å². The Bertz CT molecular complexity index is 380. The van der Waals surface area contributed by atoms with Crippen LogP contribution in [0, 0.1) is 12.8 Å². The van der Waals surface area contributed by atoms with Gasteiger partial charge in [0.1, 0.15) is 0 Å². The molecule has 0 aromatic heterocycles. The third-order valence-corrected chi connectivity index (χ3v) is 2.29. The van der Waals surface area contributed by atoms with Gasteiger partial charge in [-0.25, -0.2) is 0 Å². The highest BCUT2D eigenvalue weighted by Gasteiger charge is 1.97. The summed E-state index contributed by atoms with van der Waals surface area (Å²) in [6, 6.07) is 8.00. The van der Waals surface area contributed by atoms with Crippen LogP contribution < -0.4 is 5.32 Å². The van der Waals surface area contributed by atoms with Gasteiger partial charge < -0.3 is 5.32 Å². The van der Waals surface area contributed by atoms with E-state index < -0.39 is 0 Å². The van der Waals surface area contributed by atoms with E-state index >= 15 is 0 Å². The highest BCUT2D eigenvalue weighted by Crippen LogP contribution is 2.08. The summed E-state index contributed by atoms with van der Waals surface area (Å²) < 4.78 is 0. The molecule has 0 radical (unpaired) electrons. The summed E-state index contributed by atoms with van der Waals surface area (Å²) in [4.78, 5) is 11.4. The van der Waals surface area contributed by atoms with Gasteiger partial charge in [0.2, 0.25) is 5.91 Å². The van der Waals surface area contributed by atoms with Gasteiger partial charge in [-0.2, -0.15) is 0 Å². The molecule has 1 aromatic rings. The molecule has 0 fully saturated rings. The molecule has 0 unspecified atom stereocenters. The number of hydrogen-bond acceptors (Lipinski definition) is 1. The number of benzene rings is 1. The van der Waals surface area contributed by atoms with Crippen molar-refractivity contribution in [3.05, 3.63) is 41.5 Å². The topological polar surface area (TPSA) is 29.1 Å². The fourth-order valence-corrected chi connectivity index (χ4v) is 1.30. The zero-order valence-electron chi connectivity index (χ0n) is 10.2. The van der Waals surface area contributed by atoms with Crippen molar-refractivity contribution in [2.75, 3.05) is 6.54 Å². The molecular formula is C14H19NO. The molecule has 2 heteroatoms. The molecule has 0 saturated heterocycles. The number of carbonyl (C=O) groups excluding carboxylic acids is 1. The number of hydrogen-bond donors (Lipinski definition) is 1. The molecule has 86 valence electrons. The summed E-state index contributed by atoms with van der Waals surface area (Å²) in [5.41, 5.74) is 2.26. The van der Waals surface area contributed by atoms with Crippen LogP contribution in [0.25, 0.3) is 6.08 Å². The maximum atomic E-state index is 11.4. The molecule has 0 saturated carbocycles. The number of amides is 1. The van der Waals surface area contributed by atoms with Crippen LogP contribution >= 0.6 is 0 Å². The van der Waals surface area contributed by atoms with Crippen molar-refractivity contribution in [3.63, 3.8) is 0 Å². The van der Waals surface area contributed by atoms with E-state index in [-0.39, 0.29) is 5.91 Å². The number of rotatable bonds is 4. The van der Waals surface area contributed by atoms with Gasteiger partial charge in [0.25, 0.3) is 0 Å². The first-order valence-electron chi connectivity index (χ1n) is 5.61. The van der Waals surface area contributed by atoms with Gasteiger partial charge in [0.15, 0.2) is 0 Å². The van der Waals surface area contributed by atoms with E-state index in [0.29, 0.717) is 5.92 Å². The van der Waals surface area contributed by atoms with Crippen LogP contribution in [0.4, 0.5) is 0 Å². The highest BCUT2D eigenvalue weighted by atomic mass is 16.1. The summed E-state index contributed by atoms with van der Waals surface area (Å²) in [6.45, 7) is 6.90. The van der Waals surface area contributed by atoms with E-state index in [2.05, 4.69) is 19.2 Å². The van der Waals surface area contributed by atoms with Gasteiger partial charge in [-0.05, 0) is 30.0 Å². The van der Waals surface area contributed by atoms with Crippen molar-refractivity contribution < 1.29 is 4.79 Å². The van der Waals surface area contributed by atoms with Crippen LogP contribution in [-0.4, -0.2) is 12.5 Å². The minimum atomic E-state index is -0.0306. The van der Waals surface area contributed by atoms with Crippen molar-refractivity contribution in [1.29, 1.82) is 0 Å². The Balaban J connectivity index is 2.54. The molecule has 1 aromatic carbocycles. The van der Waals surface area contributed by atoms with E-state index in [1.165, 1.54) is 5.56 Å². The largest absolute Gasteiger partial charge is 0.352 e. The Kier molecular flexibility index (Phi) is 4.77. The number of carbonyl (C=O) groups is 1. The summed E-state index contributed by atoms with van der Waals surface area (Å²) in [5.74, 6) is 0.452. The first-order chi connectivity index (χ1) is 7.59. The lowest BCUT2D eigenvalue weighted by molar-refractivity contribution is -0.116. The lowest BCUT2D eigenvalue weighted by Gasteiger charge is -2.04. The molecule has 0 heterocycles. The van der Waals surface area contributed by atoms with E-state index in [1.807, 2.05) is 37.3 Å². The van der Waals surface area contributed by atoms with Crippen LogP contribution in [0.2, 0.25) is 0 Å². The molecule has 16 heavy (non-hydrogen) atoms. The number of aryl methyl sites for hydroxylation is 1. The molecule has 0 aliphatic rings. The van der Waals surface area contributed by atoms with Crippen molar-refractivity contribution >= 4 is 12.0 Å². The predicted molar refractivity (Wildman–Crippen MR) is 68.1 cm³/mol. The molecule has 1 N–H and O–H groups in total. The van der Waals surface area contributed by atoms with Crippen molar-refractivity contribution in [3.8, 4) is 0 Å². The first kappa shape index (κ1) is 12.5. The quantitative estimate of drug-likeness (QED) is 0.772. The van der Waals surface area contributed by atoms with E-state index in [1.54, 1.807) is 6.08 Å². The normalized spacial score (nSPS) is 11.0. The number of nitrogens with one attached hydrogen (secondary N) is 1. The zero-order chi connectivity index (χ0) is 12.0. The van der Waals surface area contributed by atoms with E-state index in [4.69, 9.17) is 0 Å². The van der Waals surface area contributed by atoms with E-state index in [9.17, 15) is 4.79 Å². The molecule has 0 aliphatic carbocycles. The van der Waals surface area contributed by atoms with Gasteiger partial charge in [0.05, 0.1) is 0 Å². The Morgan fingerprint density at radius 2 is 2.06 bits per heavy atom. The Labute approximate surface area is 97.4 Å².